The number of likely N-dealkylation sites (tertiary alicyclic amines) is 2. The Hall–Kier alpha value is -1.10. The monoisotopic (exact) mass is 268 g/mol. The maximum Gasteiger partial charge on any atom is 0.306 e. The van der Waals surface area contributed by atoms with Gasteiger partial charge in [-0.1, -0.05) is 13.8 Å². The number of amides is 1. The largest absolute Gasteiger partial charge is 0.481 e. The lowest BCUT2D eigenvalue weighted by Crippen LogP contribution is -2.44. The van der Waals surface area contributed by atoms with Crippen molar-refractivity contribution in [3.8, 4) is 0 Å². The van der Waals surface area contributed by atoms with E-state index in [9.17, 15) is 9.59 Å². The summed E-state index contributed by atoms with van der Waals surface area (Å²) in [4.78, 5) is 27.1. The Bertz CT molecular complexity index is 341. The second-order valence-electron chi connectivity index (χ2n) is 6.14. The van der Waals surface area contributed by atoms with E-state index in [1.54, 1.807) is 0 Å². The van der Waals surface area contributed by atoms with Crippen LogP contribution in [0.2, 0.25) is 0 Å². The lowest BCUT2D eigenvalue weighted by Gasteiger charge is -2.31. The Balaban J connectivity index is 1.77. The topological polar surface area (TPSA) is 60.9 Å². The molecule has 0 aliphatic carbocycles. The van der Waals surface area contributed by atoms with E-state index in [1.165, 1.54) is 0 Å². The van der Waals surface area contributed by atoms with Crippen LogP contribution < -0.4 is 0 Å². The summed E-state index contributed by atoms with van der Waals surface area (Å²) in [5, 5.41) is 8.94. The van der Waals surface area contributed by atoms with Gasteiger partial charge in [-0.2, -0.15) is 0 Å². The Morgan fingerprint density at radius 2 is 1.63 bits per heavy atom. The van der Waals surface area contributed by atoms with Crippen LogP contribution in [0.25, 0.3) is 0 Å². The molecule has 2 aliphatic heterocycles. The van der Waals surface area contributed by atoms with Crippen LogP contribution in [0.4, 0.5) is 0 Å². The average molecular weight is 268 g/mol. The van der Waals surface area contributed by atoms with Gasteiger partial charge in [-0.15, -0.1) is 0 Å². The molecule has 2 heterocycles. The molecule has 5 nitrogen and oxygen atoms in total. The molecule has 1 N–H and O–H groups in total. The minimum absolute atomic E-state index is 0.158. The van der Waals surface area contributed by atoms with Gasteiger partial charge in [0.1, 0.15) is 0 Å². The van der Waals surface area contributed by atoms with Crippen molar-refractivity contribution < 1.29 is 14.7 Å². The molecule has 0 aromatic heterocycles. The zero-order valence-corrected chi connectivity index (χ0v) is 11.8. The van der Waals surface area contributed by atoms with E-state index in [0.29, 0.717) is 44.3 Å². The zero-order valence-electron chi connectivity index (χ0n) is 11.8. The van der Waals surface area contributed by atoms with Crippen LogP contribution in [0.3, 0.4) is 0 Å². The van der Waals surface area contributed by atoms with E-state index in [1.807, 2.05) is 4.90 Å². The van der Waals surface area contributed by atoms with Crippen LogP contribution >= 0.6 is 0 Å². The Kier molecular flexibility index (Phi) is 4.45. The quantitative estimate of drug-likeness (QED) is 0.826. The molecule has 0 radical (unpaired) electrons. The predicted octanol–water partition coefficient (Wildman–Crippen LogP) is 0.897. The van der Waals surface area contributed by atoms with Gasteiger partial charge in [-0.3, -0.25) is 14.5 Å². The van der Waals surface area contributed by atoms with Crippen LogP contribution in [-0.4, -0.2) is 59.5 Å². The highest BCUT2D eigenvalue weighted by Crippen LogP contribution is 2.22. The molecule has 5 heteroatoms. The van der Waals surface area contributed by atoms with Gasteiger partial charge in [0.2, 0.25) is 5.91 Å². The molecule has 2 fully saturated rings. The number of hydrogen-bond donors (Lipinski definition) is 1. The highest BCUT2D eigenvalue weighted by Gasteiger charge is 2.31. The molecule has 0 spiro atoms. The van der Waals surface area contributed by atoms with Crippen molar-refractivity contribution in [2.24, 2.45) is 17.8 Å². The third kappa shape index (κ3) is 3.47. The summed E-state index contributed by atoms with van der Waals surface area (Å²) in [6.45, 7) is 8.13. The molecule has 0 aromatic rings. The second kappa shape index (κ2) is 5.90. The number of hydrogen-bond acceptors (Lipinski definition) is 3. The molecule has 2 atom stereocenters. The molecule has 1 amide bonds. The highest BCUT2D eigenvalue weighted by molar-refractivity contribution is 5.79. The van der Waals surface area contributed by atoms with Crippen molar-refractivity contribution in [1.82, 2.24) is 9.80 Å². The molecule has 0 bridgehead atoms. The fourth-order valence-electron chi connectivity index (χ4n) is 3.05. The number of carbonyl (C=O) groups excluding carboxylic acids is 1. The Labute approximate surface area is 114 Å². The maximum atomic E-state index is 12.2. The number of carboxylic acid groups (broad SMARTS) is 1. The molecular formula is C14H24N2O3. The van der Waals surface area contributed by atoms with Gasteiger partial charge in [0.25, 0.3) is 0 Å². The van der Waals surface area contributed by atoms with Crippen LogP contribution in [0.15, 0.2) is 0 Å². The lowest BCUT2D eigenvalue weighted by atomic mass is 9.97. The average Bonchev–Trinajstić information content (AvgIpc) is 2.68. The zero-order chi connectivity index (χ0) is 14.0. The smallest absolute Gasteiger partial charge is 0.306 e. The molecular weight excluding hydrogens is 244 g/mol. The maximum absolute atomic E-state index is 12.2. The van der Waals surface area contributed by atoms with Crippen molar-refractivity contribution in [3.05, 3.63) is 0 Å². The predicted molar refractivity (Wildman–Crippen MR) is 71.7 cm³/mol. The minimum atomic E-state index is -0.728. The van der Waals surface area contributed by atoms with Crippen molar-refractivity contribution in [2.45, 2.75) is 26.7 Å². The standard InChI is InChI=1S/C14H24N2O3/c1-10-7-15(8-11(10)2)9-13(17)16-5-3-12(4-6-16)14(18)19/h10-12H,3-9H2,1-2H3,(H,18,19). The normalized spacial score (nSPS) is 29.7. The third-order valence-corrected chi connectivity index (χ3v) is 4.62. The van der Waals surface area contributed by atoms with Gasteiger partial charge in [0, 0.05) is 26.2 Å². The van der Waals surface area contributed by atoms with Crippen LogP contribution in [-0.2, 0) is 9.59 Å². The molecule has 2 rings (SSSR count). The van der Waals surface area contributed by atoms with Crippen molar-refractivity contribution in [2.75, 3.05) is 32.7 Å². The molecule has 2 aliphatic rings. The number of nitrogens with zero attached hydrogens (tertiary/aromatic N) is 2. The second-order valence-corrected chi connectivity index (χ2v) is 6.14. The van der Waals surface area contributed by atoms with Crippen LogP contribution in [0.5, 0.6) is 0 Å². The number of piperidine rings is 1. The SMILES string of the molecule is CC1CN(CC(=O)N2CCC(C(=O)O)CC2)CC1C. The first-order valence-electron chi connectivity index (χ1n) is 7.20. The van der Waals surface area contributed by atoms with E-state index < -0.39 is 5.97 Å². The molecule has 108 valence electrons. The molecule has 2 unspecified atom stereocenters. The Morgan fingerprint density at radius 1 is 1.11 bits per heavy atom. The number of aliphatic carboxylic acids is 1. The number of carbonyl (C=O) groups is 2. The first-order valence-corrected chi connectivity index (χ1v) is 7.20. The number of carboxylic acids is 1. The minimum Gasteiger partial charge on any atom is -0.481 e. The van der Waals surface area contributed by atoms with Gasteiger partial charge >= 0.3 is 5.97 Å². The fourth-order valence-corrected chi connectivity index (χ4v) is 3.05. The van der Waals surface area contributed by atoms with E-state index in [2.05, 4.69) is 18.7 Å². The summed E-state index contributed by atoms with van der Waals surface area (Å²) in [6.07, 6.45) is 1.18. The van der Waals surface area contributed by atoms with Gasteiger partial charge in [0.05, 0.1) is 12.5 Å². The van der Waals surface area contributed by atoms with E-state index in [0.717, 1.165) is 13.1 Å². The van der Waals surface area contributed by atoms with E-state index in [-0.39, 0.29) is 11.8 Å². The lowest BCUT2D eigenvalue weighted by molar-refractivity contribution is -0.145. The highest BCUT2D eigenvalue weighted by atomic mass is 16.4. The summed E-state index contributed by atoms with van der Waals surface area (Å²) >= 11 is 0. The van der Waals surface area contributed by atoms with Gasteiger partial charge in [-0.25, -0.2) is 0 Å². The summed E-state index contributed by atoms with van der Waals surface area (Å²) < 4.78 is 0. The third-order valence-electron chi connectivity index (χ3n) is 4.62. The van der Waals surface area contributed by atoms with Crippen LogP contribution in [0.1, 0.15) is 26.7 Å². The first-order chi connectivity index (χ1) is 8.97. The first kappa shape index (κ1) is 14.3. The summed E-state index contributed by atoms with van der Waals surface area (Å²) in [5.74, 6) is 0.478. The summed E-state index contributed by atoms with van der Waals surface area (Å²) in [5.41, 5.74) is 0. The van der Waals surface area contributed by atoms with Gasteiger partial charge < -0.3 is 10.0 Å². The fraction of sp³-hybridized carbons (Fsp3) is 0.857. The van der Waals surface area contributed by atoms with Crippen molar-refractivity contribution in [1.29, 1.82) is 0 Å². The van der Waals surface area contributed by atoms with Crippen molar-refractivity contribution >= 4 is 11.9 Å². The summed E-state index contributed by atoms with van der Waals surface area (Å²) in [6, 6.07) is 0. The molecule has 0 aromatic carbocycles. The van der Waals surface area contributed by atoms with Crippen LogP contribution in [0, 0.1) is 17.8 Å². The molecule has 19 heavy (non-hydrogen) atoms. The number of rotatable bonds is 3. The Morgan fingerprint density at radius 3 is 2.11 bits per heavy atom. The molecule has 0 saturated carbocycles. The molecule has 2 saturated heterocycles. The van der Waals surface area contributed by atoms with E-state index >= 15 is 0 Å². The van der Waals surface area contributed by atoms with Crippen molar-refractivity contribution in [3.63, 3.8) is 0 Å². The van der Waals surface area contributed by atoms with E-state index in [4.69, 9.17) is 5.11 Å². The van der Waals surface area contributed by atoms with Gasteiger partial charge in [0.15, 0.2) is 0 Å². The summed E-state index contributed by atoms with van der Waals surface area (Å²) in [7, 11) is 0. The van der Waals surface area contributed by atoms with Gasteiger partial charge in [-0.05, 0) is 24.7 Å².